The Morgan fingerprint density at radius 2 is 1.65 bits per heavy atom. The molecule has 0 aliphatic heterocycles. The van der Waals surface area contributed by atoms with Gasteiger partial charge in [0.2, 0.25) is 5.88 Å². The molecule has 0 aliphatic carbocycles. The van der Waals surface area contributed by atoms with Crippen LogP contribution in [0.3, 0.4) is 0 Å². The standard InChI is InChI=1S/C15H19NO3.C13H18N2O3/c1-3-5-10-16(9-4-2)14(17)12-7-6-8-13(11-12)15(18)19;1-3-5-6-7-14-11-8-10(13(16)17)9-12(15-11)18-4-2/h3,6-8,11H,1,4-5,9-10H2,2H3,(H,18,19);3,8-9H,1,4-7H2,2H3,(H,14,15)(H,16,17). The minimum absolute atomic E-state index is 0.131. The number of amides is 1. The van der Waals surface area contributed by atoms with Crippen LogP contribution in [-0.2, 0) is 0 Å². The first-order chi connectivity index (χ1) is 17.8. The van der Waals surface area contributed by atoms with Gasteiger partial charge in [-0.25, -0.2) is 9.59 Å². The molecule has 0 fully saturated rings. The molecule has 3 N–H and O–H groups in total. The van der Waals surface area contributed by atoms with Gasteiger partial charge in [-0.05, 0) is 56.9 Å². The molecule has 0 radical (unpaired) electrons. The highest BCUT2D eigenvalue weighted by Gasteiger charge is 2.15. The molecule has 1 aromatic carbocycles. The molecule has 1 aromatic heterocycles. The minimum atomic E-state index is -1.03. The first kappa shape index (κ1) is 30.9. The number of carboxylic acid groups (broad SMARTS) is 2. The minimum Gasteiger partial charge on any atom is -0.478 e. The number of aromatic carboxylic acids is 2. The quantitative estimate of drug-likeness (QED) is 0.215. The summed E-state index contributed by atoms with van der Waals surface area (Å²) in [5, 5.41) is 21.0. The number of benzene rings is 1. The molecule has 0 bridgehead atoms. The van der Waals surface area contributed by atoms with Crippen molar-refractivity contribution in [1.82, 2.24) is 9.88 Å². The van der Waals surface area contributed by atoms with E-state index in [2.05, 4.69) is 23.5 Å². The van der Waals surface area contributed by atoms with Gasteiger partial charge >= 0.3 is 11.9 Å². The Balaban J connectivity index is 0.000000371. The van der Waals surface area contributed by atoms with Crippen molar-refractivity contribution in [3.05, 3.63) is 78.4 Å². The number of aromatic nitrogens is 1. The number of carbonyl (C=O) groups is 3. The van der Waals surface area contributed by atoms with Crippen LogP contribution in [0.1, 0.15) is 70.6 Å². The predicted molar refractivity (Wildman–Crippen MR) is 145 cm³/mol. The summed E-state index contributed by atoms with van der Waals surface area (Å²) in [4.78, 5) is 40.1. The molecule has 0 saturated carbocycles. The molecule has 0 atom stereocenters. The van der Waals surface area contributed by atoms with Crippen LogP contribution in [-0.4, -0.2) is 64.2 Å². The van der Waals surface area contributed by atoms with E-state index in [0.717, 1.165) is 25.7 Å². The fourth-order valence-corrected chi connectivity index (χ4v) is 3.20. The van der Waals surface area contributed by atoms with Crippen molar-refractivity contribution in [3.63, 3.8) is 0 Å². The Hall–Kier alpha value is -4.14. The van der Waals surface area contributed by atoms with Gasteiger partial charge in [0.1, 0.15) is 5.82 Å². The third kappa shape index (κ3) is 11.4. The lowest BCUT2D eigenvalue weighted by Crippen LogP contribution is -2.32. The molecule has 9 nitrogen and oxygen atoms in total. The van der Waals surface area contributed by atoms with E-state index >= 15 is 0 Å². The summed E-state index contributed by atoms with van der Waals surface area (Å²) in [5.41, 5.74) is 0.711. The van der Waals surface area contributed by atoms with Crippen molar-refractivity contribution in [3.8, 4) is 5.88 Å². The smallest absolute Gasteiger partial charge is 0.336 e. The zero-order valence-electron chi connectivity index (χ0n) is 21.6. The number of carbonyl (C=O) groups excluding carboxylic acids is 1. The Morgan fingerprint density at radius 1 is 0.973 bits per heavy atom. The van der Waals surface area contributed by atoms with E-state index in [9.17, 15) is 14.4 Å². The number of nitrogens with zero attached hydrogens (tertiary/aromatic N) is 2. The van der Waals surface area contributed by atoms with Gasteiger partial charge in [0, 0.05) is 31.3 Å². The zero-order valence-corrected chi connectivity index (χ0v) is 21.6. The second-order valence-corrected chi connectivity index (χ2v) is 7.93. The maximum Gasteiger partial charge on any atom is 0.336 e. The van der Waals surface area contributed by atoms with E-state index in [0.29, 0.717) is 43.5 Å². The van der Waals surface area contributed by atoms with E-state index in [1.807, 2.05) is 19.9 Å². The average molecular weight is 512 g/mol. The summed E-state index contributed by atoms with van der Waals surface area (Å²) < 4.78 is 5.23. The number of ether oxygens (including phenoxy) is 1. The van der Waals surface area contributed by atoms with Crippen molar-refractivity contribution >= 4 is 23.7 Å². The lowest BCUT2D eigenvalue weighted by Gasteiger charge is -2.21. The van der Waals surface area contributed by atoms with Gasteiger partial charge in [-0.3, -0.25) is 4.79 Å². The van der Waals surface area contributed by atoms with Crippen LogP contribution >= 0.6 is 0 Å². The Labute approximate surface area is 218 Å². The van der Waals surface area contributed by atoms with E-state index in [4.69, 9.17) is 14.9 Å². The fraction of sp³-hybridized carbons (Fsp3) is 0.357. The first-order valence-electron chi connectivity index (χ1n) is 12.2. The number of carboxylic acids is 2. The monoisotopic (exact) mass is 511 g/mol. The van der Waals surface area contributed by atoms with Gasteiger partial charge in [-0.2, -0.15) is 4.98 Å². The van der Waals surface area contributed by atoms with Crippen LogP contribution in [0, 0.1) is 0 Å². The molecule has 0 spiro atoms. The number of allylic oxidation sites excluding steroid dienone is 1. The largest absolute Gasteiger partial charge is 0.478 e. The Bertz CT molecular complexity index is 1050. The summed E-state index contributed by atoms with van der Waals surface area (Å²) in [6.45, 7) is 13.5. The van der Waals surface area contributed by atoms with E-state index in [-0.39, 0.29) is 17.0 Å². The van der Waals surface area contributed by atoms with Gasteiger partial charge in [0.25, 0.3) is 5.91 Å². The van der Waals surface area contributed by atoms with Gasteiger partial charge < -0.3 is 25.2 Å². The molecule has 9 heteroatoms. The third-order valence-electron chi connectivity index (χ3n) is 4.97. The zero-order chi connectivity index (χ0) is 27.6. The van der Waals surface area contributed by atoms with Crippen LogP contribution in [0.2, 0.25) is 0 Å². The van der Waals surface area contributed by atoms with Gasteiger partial charge in [-0.15, -0.1) is 13.2 Å². The number of rotatable bonds is 15. The SMILES string of the molecule is C=CCCCNc1cc(C(=O)O)cc(OCC)n1.C=CCCN(CCC)C(=O)c1cccc(C(=O)O)c1. The fourth-order valence-electron chi connectivity index (χ4n) is 3.20. The highest BCUT2D eigenvalue weighted by molar-refractivity contribution is 5.97. The van der Waals surface area contributed by atoms with Gasteiger partial charge in [-0.1, -0.05) is 25.1 Å². The van der Waals surface area contributed by atoms with E-state index in [1.165, 1.54) is 24.3 Å². The van der Waals surface area contributed by atoms with Gasteiger partial charge in [0.05, 0.1) is 17.7 Å². The number of anilines is 1. The van der Waals surface area contributed by atoms with Crippen molar-refractivity contribution in [2.45, 2.75) is 39.5 Å². The van der Waals surface area contributed by atoms with Crippen LogP contribution in [0.25, 0.3) is 0 Å². The Kier molecular flexibility index (Phi) is 14.5. The van der Waals surface area contributed by atoms with Crippen LogP contribution in [0.15, 0.2) is 61.7 Å². The van der Waals surface area contributed by atoms with Crippen LogP contribution in [0.4, 0.5) is 5.82 Å². The number of hydrogen-bond acceptors (Lipinski definition) is 6. The maximum absolute atomic E-state index is 12.3. The highest BCUT2D eigenvalue weighted by atomic mass is 16.5. The summed E-state index contributed by atoms with van der Waals surface area (Å²) in [5.74, 6) is -1.31. The van der Waals surface area contributed by atoms with Crippen molar-refractivity contribution < 1.29 is 29.3 Å². The predicted octanol–water partition coefficient (Wildman–Crippen LogP) is 5.37. The van der Waals surface area contributed by atoms with Crippen molar-refractivity contribution in [1.29, 1.82) is 0 Å². The van der Waals surface area contributed by atoms with E-state index in [1.54, 1.807) is 23.1 Å². The summed E-state index contributed by atoms with van der Waals surface area (Å²) in [6, 6.07) is 9.05. The lowest BCUT2D eigenvalue weighted by atomic mass is 10.1. The van der Waals surface area contributed by atoms with E-state index < -0.39 is 11.9 Å². The molecule has 0 saturated heterocycles. The van der Waals surface area contributed by atoms with Crippen LogP contribution < -0.4 is 10.1 Å². The molecule has 0 unspecified atom stereocenters. The lowest BCUT2D eigenvalue weighted by molar-refractivity contribution is 0.0685. The molecule has 1 heterocycles. The second-order valence-electron chi connectivity index (χ2n) is 7.93. The number of nitrogens with one attached hydrogen (secondary N) is 1. The second kappa shape index (κ2) is 17.3. The topological polar surface area (TPSA) is 129 Å². The molecule has 1 amide bonds. The molecule has 2 aromatic rings. The summed E-state index contributed by atoms with van der Waals surface area (Å²) in [7, 11) is 0. The maximum atomic E-state index is 12.3. The normalized spacial score (nSPS) is 9.89. The number of pyridine rings is 1. The third-order valence-corrected chi connectivity index (χ3v) is 4.97. The van der Waals surface area contributed by atoms with Crippen molar-refractivity contribution in [2.75, 3.05) is 31.6 Å². The molecular formula is C28H37N3O6. The molecular weight excluding hydrogens is 474 g/mol. The molecule has 200 valence electrons. The van der Waals surface area contributed by atoms with Gasteiger partial charge in [0.15, 0.2) is 0 Å². The molecule has 37 heavy (non-hydrogen) atoms. The molecule has 2 rings (SSSR count). The summed E-state index contributed by atoms with van der Waals surface area (Å²) >= 11 is 0. The Morgan fingerprint density at radius 3 is 2.24 bits per heavy atom. The number of unbranched alkanes of at least 4 members (excludes halogenated alkanes) is 1. The first-order valence-corrected chi connectivity index (χ1v) is 12.2. The highest BCUT2D eigenvalue weighted by Crippen LogP contribution is 2.16. The number of hydrogen-bond donors (Lipinski definition) is 3. The average Bonchev–Trinajstić information content (AvgIpc) is 2.89. The van der Waals surface area contributed by atoms with Crippen molar-refractivity contribution in [2.24, 2.45) is 0 Å². The summed E-state index contributed by atoms with van der Waals surface area (Å²) in [6.07, 6.45) is 7.03. The molecule has 0 aliphatic rings. The van der Waals surface area contributed by atoms with Crippen LogP contribution in [0.5, 0.6) is 5.88 Å².